The number of nitrogens with one attached hydrogen (secondary N) is 1. The number of nitrogens with zero attached hydrogens (tertiary/aromatic N) is 5. The molecule has 0 amide bonds. The number of hydrogen-bond acceptors (Lipinski definition) is 8. The van der Waals surface area contributed by atoms with Crippen LogP contribution in [0.1, 0.15) is 38.2 Å². The molecule has 2 atom stereocenters. The Balaban J connectivity index is 1.37. The van der Waals surface area contributed by atoms with Crippen LogP contribution in [0.15, 0.2) is 29.1 Å². The van der Waals surface area contributed by atoms with Gasteiger partial charge in [0.1, 0.15) is 29.7 Å². The van der Waals surface area contributed by atoms with Crippen LogP contribution in [0.4, 0.5) is 14.6 Å². The Labute approximate surface area is 240 Å². The summed E-state index contributed by atoms with van der Waals surface area (Å²) < 4.78 is 42.4. The molecule has 222 valence electrons. The number of phenolic OH excluding ortho intramolecular Hbond substituents is 1. The number of aromatic nitrogens is 4. The molecule has 10 nitrogen and oxygen atoms in total. The van der Waals surface area contributed by atoms with Gasteiger partial charge in [0.15, 0.2) is 11.5 Å². The first-order valence-electron chi connectivity index (χ1n) is 14.7. The van der Waals surface area contributed by atoms with Crippen molar-refractivity contribution in [2.45, 2.75) is 50.7 Å². The number of aromatic hydroxyl groups is 1. The lowest BCUT2D eigenvalue weighted by Crippen LogP contribution is -2.43. The maximum Gasteiger partial charge on any atom is 0.320 e. The second kappa shape index (κ2) is 10.5. The number of benzene rings is 2. The van der Waals surface area contributed by atoms with Gasteiger partial charge in [-0.3, -0.25) is 14.8 Å². The molecule has 0 bridgehead atoms. The fourth-order valence-corrected chi connectivity index (χ4v) is 7.04. The zero-order valence-electron chi connectivity index (χ0n) is 23.5. The number of ether oxygens (including phenoxy) is 2. The lowest BCUT2D eigenvalue weighted by atomic mass is 9.95. The quantitative estimate of drug-likeness (QED) is 0.354. The van der Waals surface area contributed by atoms with Gasteiger partial charge in [-0.1, -0.05) is 13.0 Å². The summed E-state index contributed by atoms with van der Waals surface area (Å²) >= 11 is 0. The van der Waals surface area contributed by atoms with Gasteiger partial charge >= 0.3 is 6.01 Å². The number of anilines is 1. The molecule has 12 heteroatoms. The van der Waals surface area contributed by atoms with Crippen molar-refractivity contribution in [3.63, 3.8) is 0 Å². The van der Waals surface area contributed by atoms with E-state index in [2.05, 4.69) is 15.0 Å². The van der Waals surface area contributed by atoms with E-state index in [9.17, 15) is 18.7 Å². The number of phenols is 1. The summed E-state index contributed by atoms with van der Waals surface area (Å²) in [5.74, 6) is -0.0214. The molecule has 2 aromatic heterocycles. The molecule has 3 fully saturated rings. The standard InChI is InChI=1S/C30H34F2N6O4/c1-2-21-22(32)6-5-18-13-20(39)14-23(24(18)21)38-28(40)25-26(35-38)33-29(34-27(25)36-8-4-11-41-12-10-36)42-17-30-7-3-9-37(30)16-19(31)15-30/h5-6,13-14,19,39H,2-4,7-12,15-17H2,1H3,(H,33,34,35)/t19-,30+/m1/s1. The summed E-state index contributed by atoms with van der Waals surface area (Å²) in [6, 6.07) is 6.06. The van der Waals surface area contributed by atoms with Gasteiger partial charge in [0.2, 0.25) is 0 Å². The smallest absolute Gasteiger partial charge is 0.320 e. The van der Waals surface area contributed by atoms with Crippen LogP contribution in [0.5, 0.6) is 11.8 Å². The van der Waals surface area contributed by atoms with E-state index in [4.69, 9.17) is 14.5 Å². The average molecular weight is 581 g/mol. The normalized spacial score (nSPS) is 23.1. The van der Waals surface area contributed by atoms with Crippen molar-refractivity contribution in [3.8, 4) is 17.4 Å². The number of H-pyrrole nitrogens is 1. The van der Waals surface area contributed by atoms with E-state index in [-0.39, 0.29) is 40.8 Å². The van der Waals surface area contributed by atoms with E-state index in [0.717, 1.165) is 25.8 Å². The SMILES string of the molecule is CCc1c(F)ccc2cc(O)cc(-n3[nH]c4nc(OC[C@@]56CCCN5C[C@H](F)C6)nc(N5CCCOCC5)c4c3=O)c12. The first-order chi connectivity index (χ1) is 20.4. The fraction of sp³-hybridized carbons (Fsp3) is 0.500. The predicted molar refractivity (Wildman–Crippen MR) is 154 cm³/mol. The highest BCUT2D eigenvalue weighted by molar-refractivity contribution is 5.95. The van der Waals surface area contributed by atoms with Crippen LogP contribution in [0.25, 0.3) is 27.5 Å². The Hall–Kier alpha value is -3.77. The number of alkyl halides is 1. The Morgan fingerprint density at radius 1 is 1.17 bits per heavy atom. The minimum absolute atomic E-state index is 0.0557. The van der Waals surface area contributed by atoms with Crippen LogP contribution >= 0.6 is 0 Å². The van der Waals surface area contributed by atoms with Crippen LogP contribution in [0.3, 0.4) is 0 Å². The molecule has 2 aromatic carbocycles. The molecule has 0 saturated carbocycles. The van der Waals surface area contributed by atoms with Gasteiger partial charge in [0, 0.05) is 44.1 Å². The predicted octanol–water partition coefficient (Wildman–Crippen LogP) is 3.85. The van der Waals surface area contributed by atoms with Crippen molar-refractivity contribution in [2.75, 3.05) is 50.9 Å². The van der Waals surface area contributed by atoms with E-state index in [1.165, 1.54) is 16.8 Å². The highest BCUT2D eigenvalue weighted by Crippen LogP contribution is 2.40. The minimum Gasteiger partial charge on any atom is -0.508 e. The van der Waals surface area contributed by atoms with Gasteiger partial charge in [-0.05, 0) is 55.3 Å². The number of aryl methyl sites for hydroxylation is 1. The molecule has 0 unspecified atom stereocenters. The van der Waals surface area contributed by atoms with Gasteiger partial charge in [-0.25, -0.2) is 13.5 Å². The molecule has 0 aliphatic carbocycles. The number of hydrogen-bond donors (Lipinski definition) is 2. The molecule has 0 spiro atoms. The summed E-state index contributed by atoms with van der Waals surface area (Å²) in [6.45, 7) is 5.59. The molecule has 3 aliphatic rings. The largest absolute Gasteiger partial charge is 0.508 e. The Morgan fingerprint density at radius 2 is 2.05 bits per heavy atom. The minimum atomic E-state index is -0.884. The monoisotopic (exact) mass is 580 g/mol. The Morgan fingerprint density at radius 3 is 2.90 bits per heavy atom. The molecular weight excluding hydrogens is 546 g/mol. The van der Waals surface area contributed by atoms with Crippen LogP contribution < -0.4 is 15.2 Å². The molecule has 7 rings (SSSR count). The summed E-state index contributed by atoms with van der Waals surface area (Å²) in [5.41, 5.74) is 0.209. The summed E-state index contributed by atoms with van der Waals surface area (Å²) in [6.07, 6.45) is 2.52. The Kier molecular flexibility index (Phi) is 6.77. The zero-order chi connectivity index (χ0) is 29.0. The lowest BCUT2D eigenvalue weighted by Gasteiger charge is -2.31. The molecule has 3 aliphatic heterocycles. The number of rotatable bonds is 6. The number of aromatic amines is 1. The summed E-state index contributed by atoms with van der Waals surface area (Å²) in [5, 5.41) is 15.0. The van der Waals surface area contributed by atoms with Crippen molar-refractivity contribution >= 4 is 27.6 Å². The molecule has 42 heavy (non-hydrogen) atoms. The topological polar surface area (TPSA) is 109 Å². The second-order valence-electron chi connectivity index (χ2n) is 11.6. The van der Waals surface area contributed by atoms with E-state index in [1.807, 2.05) is 11.8 Å². The van der Waals surface area contributed by atoms with Crippen molar-refractivity contribution in [1.82, 2.24) is 24.6 Å². The van der Waals surface area contributed by atoms with E-state index in [0.29, 0.717) is 73.5 Å². The van der Waals surface area contributed by atoms with Crippen LogP contribution in [-0.4, -0.2) is 87.5 Å². The Bertz CT molecular complexity index is 1720. The van der Waals surface area contributed by atoms with Gasteiger partial charge in [-0.15, -0.1) is 0 Å². The first-order valence-corrected chi connectivity index (χ1v) is 14.7. The third-order valence-electron chi connectivity index (χ3n) is 8.98. The molecule has 2 N–H and O–H groups in total. The third kappa shape index (κ3) is 4.48. The first kappa shape index (κ1) is 27.1. The van der Waals surface area contributed by atoms with E-state index < -0.39 is 11.7 Å². The van der Waals surface area contributed by atoms with Crippen LogP contribution in [-0.2, 0) is 11.2 Å². The summed E-state index contributed by atoms with van der Waals surface area (Å²) in [4.78, 5) is 27.6. The van der Waals surface area contributed by atoms with Crippen LogP contribution in [0.2, 0.25) is 0 Å². The number of halogens is 2. The van der Waals surface area contributed by atoms with Gasteiger partial charge < -0.3 is 19.5 Å². The fourth-order valence-electron chi connectivity index (χ4n) is 7.04. The highest BCUT2D eigenvalue weighted by Gasteiger charge is 2.49. The van der Waals surface area contributed by atoms with Crippen molar-refractivity contribution in [2.24, 2.45) is 0 Å². The van der Waals surface area contributed by atoms with Crippen molar-refractivity contribution in [3.05, 3.63) is 46.0 Å². The summed E-state index contributed by atoms with van der Waals surface area (Å²) in [7, 11) is 0. The molecule has 3 saturated heterocycles. The van der Waals surface area contributed by atoms with Crippen molar-refractivity contribution < 1.29 is 23.4 Å². The lowest BCUT2D eigenvalue weighted by molar-refractivity contribution is 0.107. The van der Waals surface area contributed by atoms with Crippen molar-refractivity contribution in [1.29, 1.82) is 0 Å². The van der Waals surface area contributed by atoms with E-state index in [1.54, 1.807) is 12.1 Å². The van der Waals surface area contributed by atoms with Gasteiger partial charge in [0.05, 0.1) is 17.8 Å². The number of fused-ring (bicyclic) bond motifs is 3. The maximum atomic E-state index is 14.9. The highest BCUT2D eigenvalue weighted by atomic mass is 19.1. The van der Waals surface area contributed by atoms with Crippen LogP contribution in [0, 0.1) is 5.82 Å². The maximum absolute atomic E-state index is 14.9. The van der Waals surface area contributed by atoms with E-state index >= 15 is 0 Å². The molecular formula is C30H34F2N6O4. The molecule has 4 aromatic rings. The third-order valence-corrected chi connectivity index (χ3v) is 8.98. The average Bonchev–Trinajstić information content (AvgIpc) is 3.51. The zero-order valence-corrected chi connectivity index (χ0v) is 23.5. The second-order valence-corrected chi connectivity index (χ2v) is 11.6. The van der Waals surface area contributed by atoms with Gasteiger partial charge in [0.25, 0.3) is 5.56 Å². The molecule has 5 heterocycles. The molecule has 0 radical (unpaired) electrons. The van der Waals surface area contributed by atoms with Gasteiger partial charge in [-0.2, -0.15) is 9.97 Å².